The molecule has 0 radical (unpaired) electrons. The number of phenolic OH excluding ortho intramolecular Hbond substituents is 1. The van der Waals surface area contributed by atoms with Crippen molar-refractivity contribution in [2.24, 2.45) is 0 Å². The van der Waals surface area contributed by atoms with Crippen molar-refractivity contribution in [3.63, 3.8) is 0 Å². The smallest absolute Gasteiger partial charge is 0.127 e. The number of aromatic hydroxyl groups is 1. The molecule has 1 aliphatic heterocycles. The molecule has 0 unspecified atom stereocenters. The molecule has 2 nitrogen and oxygen atoms in total. The summed E-state index contributed by atoms with van der Waals surface area (Å²) in [7, 11) is 0. The lowest BCUT2D eigenvalue weighted by Gasteiger charge is -2.44. The van der Waals surface area contributed by atoms with Crippen LogP contribution in [-0.4, -0.2) is 10.7 Å². The van der Waals surface area contributed by atoms with Crippen LogP contribution < -0.4 is 4.74 Å². The molecule has 5 rings (SSSR count). The van der Waals surface area contributed by atoms with Crippen molar-refractivity contribution in [2.45, 2.75) is 90.1 Å². The Bertz CT molecular complexity index is 699. The van der Waals surface area contributed by atoms with E-state index in [0.29, 0.717) is 17.6 Å². The van der Waals surface area contributed by atoms with Crippen molar-refractivity contribution < 1.29 is 9.84 Å². The quantitative estimate of drug-likeness (QED) is 0.700. The lowest BCUT2D eigenvalue weighted by molar-refractivity contribution is 0.0805. The van der Waals surface area contributed by atoms with Crippen LogP contribution in [0.15, 0.2) is 11.6 Å². The van der Waals surface area contributed by atoms with Gasteiger partial charge in [0.15, 0.2) is 0 Å². The molecule has 1 aromatic rings. The van der Waals surface area contributed by atoms with Crippen LogP contribution in [0.5, 0.6) is 11.5 Å². The van der Waals surface area contributed by atoms with Gasteiger partial charge < -0.3 is 9.84 Å². The second-order valence-corrected chi connectivity index (χ2v) is 8.86. The van der Waals surface area contributed by atoms with Crippen molar-refractivity contribution in [3.05, 3.63) is 33.9 Å². The minimum absolute atomic E-state index is 0.0950. The summed E-state index contributed by atoms with van der Waals surface area (Å²) in [6.07, 6.45) is 10.1. The van der Waals surface area contributed by atoms with E-state index in [9.17, 15) is 5.11 Å². The lowest BCUT2D eigenvalue weighted by atomic mass is 9.64. The highest BCUT2D eigenvalue weighted by Crippen LogP contribution is 2.58. The Morgan fingerprint density at radius 3 is 2.38 bits per heavy atom. The molecule has 0 atom stereocenters. The first kappa shape index (κ1) is 16.1. The first-order valence-corrected chi connectivity index (χ1v) is 9.60. The Morgan fingerprint density at radius 1 is 1.12 bits per heavy atom. The predicted molar refractivity (Wildman–Crippen MR) is 98.2 cm³/mol. The van der Waals surface area contributed by atoms with Gasteiger partial charge in [-0.3, -0.25) is 0 Å². The fourth-order valence-corrected chi connectivity index (χ4v) is 5.00. The SMILES string of the molecule is CC(C)=CCc1c(O)c2c(c3c1CCC(C)(C)O3)C1CCC2CC1. The standard InChI is InChI=1S/C22H30O2/c1-13(2)5-10-16-17-11-12-22(3,4)24-21(17)19-15-8-6-14(7-9-15)18(19)20(16)23/h5,14-15,23H,6-12H2,1-4H3. The molecule has 1 N–H and O–H groups in total. The van der Waals surface area contributed by atoms with Crippen molar-refractivity contribution >= 4 is 0 Å². The van der Waals surface area contributed by atoms with Crippen LogP contribution in [0.3, 0.4) is 0 Å². The van der Waals surface area contributed by atoms with Crippen molar-refractivity contribution in [1.29, 1.82) is 0 Å². The van der Waals surface area contributed by atoms with Crippen molar-refractivity contribution in [3.8, 4) is 11.5 Å². The molecule has 1 aromatic carbocycles. The van der Waals surface area contributed by atoms with Gasteiger partial charge in [-0.1, -0.05) is 11.6 Å². The normalized spacial score (nSPS) is 26.3. The van der Waals surface area contributed by atoms with E-state index in [-0.39, 0.29) is 5.60 Å². The summed E-state index contributed by atoms with van der Waals surface area (Å²) in [5, 5.41) is 11.2. The highest BCUT2D eigenvalue weighted by molar-refractivity contribution is 5.64. The van der Waals surface area contributed by atoms with Gasteiger partial charge in [-0.25, -0.2) is 0 Å². The van der Waals surface area contributed by atoms with E-state index >= 15 is 0 Å². The molecule has 0 aromatic heterocycles. The molecule has 1 fully saturated rings. The van der Waals surface area contributed by atoms with E-state index in [1.165, 1.54) is 47.9 Å². The number of ether oxygens (including phenoxy) is 1. The van der Waals surface area contributed by atoms with Crippen LogP contribution in [0.25, 0.3) is 0 Å². The van der Waals surface area contributed by atoms with E-state index in [1.807, 2.05) is 0 Å². The Labute approximate surface area is 145 Å². The molecule has 24 heavy (non-hydrogen) atoms. The number of hydrogen-bond donors (Lipinski definition) is 1. The average molecular weight is 326 g/mol. The van der Waals surface area contributed by atoms with Gasteiger partial charge in [0, 0.05) is 22.3 Å². The molecule has 1 heterocycles. The zero-order valence-corrected chi connectivity index (χ0v) is 15.5. The number of phenols is 1. The first-order valence-electron chi connectivity index (χ1n) is 9.60. The minimum Gasteiger partial charge on any atom is -0.507 e. The second kappa shape index (κ2) is 5.54. The van der Waals surface area contributed by atoms with Gasteiger partial charge in [0.1, 0.15) is 17.1 Å². The third-order valence-corrected chi connectivity index (χ3v) is 6.33. The molecule has 0 spiro atoms. The number of rotatable bonds is 2. The molecule has 1 saturated carbocycles. The summed E-state index contributed by atoms with van der Waals surface area (Å²) in [5.41, 5.74) is 6.25. The Hall–Kier alpha value is -1.44. The molecule has 0 saturated heterocycles. The fourth-order valence-electron chi connectivity index (χ4n) is 5.00. The third kappa shape index (κ3) is 2.46. The van der Waals surface area contributed by atoms with E-state index in [2.05, 4.69) is 33.8 Å². The fraction of sp³-hybridized carbons (Fsp3) is 0.636. The first-order chi connectivity index (χ1) is 11.4. The third-order valence-electron chi connectivity index (χ3n) is 6.33. The van der Waals surface area contributed by atoms with E-state index < -0.39 is 0 Å². The number of fused-ring (bicyclic) bond motifs is 3. The maximum absolute atomic E-state index is 11.2. The van der Waals surface area contributed by atoms with Crippen LogP contribution in [-0.2, 0) is 12.8 Å². The molecule has 4 aliphatic rings. The van der Waals surface area contributed by atoms with E-state index in [1.54, 1.807) is 0 Å². The van der Waals surface area contributed by atoms with Gasteiger partial charge in [0.2, 0.25) is 0 Å². The Morgan fingerprint density at radius 2 is 1.75 bits per heavy atom. The maximum Gasteiger partial charge on any atom is 0.127 e. The highest BCUT2D eigenvalue weighted by Gasteiger charge is 2.42. The largest absolute Gasteiger partial charge is 0.507 e. The van der Waals surface area contributed by atoms with E-state index in [4.69, 9.17) is 4.74 Å². The summed E-state index contributed by atoms with van der Waals surface area (Å²) in [6.45, 7) is 8.66. The van der Waals surface area contributed by atoms with E-state index in [0.717, 1.165) is 30.6 Å². The molecular weight excluding hydrogens is 296 g/mol. The number of benzene rings is 1. The van der Waals surface area contributed by atoms with Crippen LogP contribution in [0.2, 0.25) is 0 Å². The summed E-state index contributed by atoms with van der Waals surface area (Å²) >= 11 is 0. The average Bonchev–Trinajstić information content (AvgIpc) is 2.55. The van der Waals surface area contributed by atoms with Crippen LogP contribution in [0, 0.1) is 0 Å². The monoisotopic (exact) mass is 326 g/mol. The molecule has 3 aliphatic carbocycles. The zero-order valence-electron chi connectivity index (χ0n) is 15.5. The lowest BCUT2D eigenvalue weighted by Crippen LogP contribution is -2.35. The summed E-state index contributed by atoms with van der Waals surface area (Å²) in [4.78, 5) is 0. The topological polar surface area (TPSA) is 29.5 Å². The number of hydrogen-bond acceptors (Lipinski definition) is 2. The van der Waals surface area contributed by atoms with Gasteiger partial charge in [0.05, 0.1) is 0 Å². The van der Waals surface area contributed by atoms with Gasteiger partial charge in [0.25, 0.3) is 0 Å². The molecule has 2 bridgehead atoms. The summed E-state index contributed by atoms with van der Waals surface area (Å²) in [5.74, 6) is 2.87. The molecule has 0 amide bonds. The molecule has 130 valence electrons. The Kier molecular flexibility index (Phi) is 3.71. The van der Waals surface area contributed by atoms with Crippen LogP contribution in [0.4, 0.5) is 0 Å². The van der Waals surface area contributed by atoms with Gasteiger partial charge in [-0.15, -0.1) is 0 Å². The number of allylic oxidation sites excluding steroid dienone is 2. The van der Waals surface area contributed by atoms with Crippen molar-refractivity contribution in [2.75, 3.05) is 0 Å². The zero-order chi connectivity index (χ0) is 17.1. The van der Waals surface area contributed by atoms with Gasteiger partial charge >= 0.3 is 0 Å². The van der Waals surface area contributed by atoms with Gasteiger partial charge in [-0.05, 0) is 84.5 Å². The Balaban J connectivity index is 1.94. The van der Waals surface area contributed by atoms with Crippen LogP contribution >= 0.6 is 0 Å². The minimum atomic E-state index is -0.0950. The van der Waals surface area contributed by atoms with Crippen LogP contribution in [0.1, 0.15) is 93.9 Å². The summed E-state index contributed by atoms with van der Waals surface area (Å²) < 4.78 is 6.54. The second-order valence-electron chi connectivity index (χ2n) is 8.86. The van der Waals surface area contributed by atoms with Crippen molar-refractivity contribution in [1.82, 2.24) is 0 Å². The highest BCUT2D eigenvalue weighted by atomic mass is 16.5. The maximum atomic E-state index is 11.2. The predicted octanol–water partition coefficient (Wildman–Crippen LogP) is 5.76. The summed E-state index contributed by atoms with van der Waals surface area (Å²) in [6, 6.07) is 0. The molecular formula is C22H30O2. The van der Waals surface area contributed by atoms with Gasteiger partial charge in [-0.2, -0.15) is 0 Å². The molecule has 2 heteroatoms.